The predicted octanol–water partition coefficient (Wildman–Crippen LogP) is 3.65. The minimum Gasteiger partial charge on any atom is -0.358 e. The number of carbonyl (C=O) groups excluding carboxylic acids is 1. The number of nitrogens with one attached hydrogen (secondary N) is 1. The van der Waals surface area contributed by atoms with E-state index in [1.54, 1.807) is 25.1 Å². The number of nitro groups is 1. The van der Waals surface area contributed by atoms with Gasteiger partial charge in [-0.3, -0.25) is 4.79 Å². The number of hydrogen-bond acceptors (Lipinski definition) is 4. The highest BCUT2D eigenvalue weighted by Crippen LogP contribution is 2.25. The Balaban J connectivity index is 2.28. The Labute approximate surface area is 138 Å². The monoisotopic (exact) mass is 336 g/mol. The molecule has 0 aliphatic heterocycles. The van der Waals surface area contributed by atoms with Crippen molar-refractivity contribution in [1.29, 1.82) is 0 Å². The van der Waals surface area contributed by atoms with Gasteiger partial charge in [0.25, 0.3) is 5.91 Å². The number of aryl methyl sites for hydroxylation is 1. The fourth-order valence-electron chi connectivity index (χ4n) is 2.30. The zero-order valence-electron chi connectivity index (χ0n) is 13.0. The second-order valence-electron chi connectivity index (χ2n) is 5.17. The molecule has 1 unspecified atom stereocenters. The van der Waals surface area contributed by atoms with Crippen molar-refractivity contribution in [1.82, 2.24) is 9.78 Å². The van der Waals surface area contributed by atoms with Gasteiger partial charge < -0.3 is 15.4 Å². The molecule has 0 bridgehead atoms. The minimum absolute atomic E-state index is 0.271. The molecule has 1 aromatic heterocycles. The molecule has 0 saturated carbocycles. The molecule has 1 aromatic carbocycles. The number of benzene rings is 1. The van der Waals surface area contributed by atoms with Crippen LogP contribution in [0.25, 0.3) is 0 Å². The number of rotatable bonds is 5. The molecule has 23 heavy (non-hydrogen) atoms. The molecule has 2 aromatic rings. The molecular weight excluding hydrogens is 320 g/mol. The van der Waals surface area contributed by atoms with Crippen LogP contribution in [0.2, 0.25) is 5.02 Å². The second-order valence-corrected chi connectivity index (χ2v) is 5.58. The molecule has 7 nitrogen and oxygen atoms in total. The normalized spacial score (nSPS) is 12.0. The van der Waals surface area contributed by atoms with Crippen molar-refractivity contribution in [2.24, 2.45) is 0 Å². The number of hydrogen-bond donors (Lipinski definition) is 1. The summed E-state index contributed by atoms with van der Waals surface area (Å²) < 4.78 is 1.38. The van der Waals surface area contributed by atoms with E-state index in [9.17, 15) is 14.9 Å². The average Bonchev–Trinajstić information content (AvgIpc) is 2.87. The Morgan fingerprint density at radius 2 is 2.17 bits per heavy atom. The summed E-state index contributed by atoms with van der Waals surface area (Å²) in [5.74, 6) is -0.563. The molecule has 122 valence electrons. The maximum Gasteiger partial charge on any atom is 0.390 e. The predicted molar refractivity (Wildman–Crippen MR) is 87.8 cm³/mol. The van der Waals surface area contributed by atoms with E-state index in [1.807, 2.05) is 13.8 Å². The fraction of sp³-hybridized carbons (Fsp3) is 0.333. The molecule has 8 heteroatoms. The lowest BCUT2D eigenvalue weighted by atomic mass is 10.1. The zero-order chi connectivity index (χ0) is 17.1. The van der Waals surface area contributed by atoms with Gasteiger partial charge in [0, 0.05) is 10.7 Å². The molecule has 0 fully saturated rings. The molecule has 0 radical (unpaired) electrons. The van der Waals surface area contributed by atoms with E-state index < -0.39 is 11.0 Å². The Kier molecular flexibility index (Phi) is 5.00. The van der Waals surface area contributed by atoms with Crippen LogP contribution >= 0.6 is 11.6 Å². The van der Waals surface area contributed by atoms with E-state index >= 15 is 0 Å². The molecule has 1 heterocycles. The van der Waals surface area contributed by atoms with Gasteiger partial charge in [0.1, 0.15) is 0 Å². The second kappa shape index (κ2) is 6.78. The summed E-state index contributed by atoms with van der Waals surface area (Å²) in [6, 6.07) is 5.95. The van der Waals surface area contributed by atoms with Crippen LogP contribution in [0.3, 0.4) is 0 Å². The van der Waals surface area contributed by atoms with Gasteiger partial charge in [-0.1, -0.05) is 24.6 Å². The summed E-state index contributed by atoms with van der Waals surface area (Å²) in [5, 5.41) is 18.1. The molecule has 2 rings (SSSR count). The van der Waals surface area contributed by atoms with Crippen LogP contribution in [0.5, 0.6) is 0 Å². The molecule has 0 aliphatic rings. The maximum atomic E-state index is 12.6. The summed E-state index contributed by atoms with van der Waals surface area (Å²) in [7, 11) is 0. The van der Waals surface area contributed by atoms with Crippen LogP contribution in [0.1, 0.15) is 30.6 Å². The highest BCUT2D eigenvalue weighted by atomic mass is 35.5. The Morgan fingerprint density at radius 3 is 2.74 bits per heavy atom. The summed E-state index contributed by atoms with van der Waals surface area (Å²) in [5.41, 5.74) is 1.93. The van der Waals surface area contributed by atoms with E-state index in [4.69, 9.17) is 11.6 Å². The number of amides is 1. The SMILES string of the molecule is CCC(C(=O)Nc1cccc(Cl)c1C)n1nc([N+](=O)[O-])cc1C. The smallest absolute Gasteiger partial charge is 0.358 e. The summed E-state index contributed by atoms with van der Waals surface area (Å²) in [6.07, 6.45) is 0.450. The lowest BCUT2D eigenvalue weighted by molar-refractivity contribution is -0.389. The zero-order valence-corrected chi connectivity index (χ0v) is 13.8. The number of nitrogens with zero attached hydrogens (tertiary/aromatic N) is 3. The molecular formula is C15H17ClN4O3. The highest BCUT2D eigenvalue weighted by Gasteiger charge is 2.27. The number of halogens is 1. The Morgan fingerprint density at radius 1 is 1.48 bits per heavy atom. The maximum absolute atomic E-state index is 12.6. The van der Waals surface area contributed by atoms with Gasteiger partial charge in [-0.05, 0) is 42.9 Å². The molecule has 0 aliphatic carbocycles. The van der Waals surface area contributed by atoms with E-state index in [-0.39, 0.29) is 11.7 Å². The molecule has 1 amide bonds. The van der Waals surface area contributed by atoms with Crippen molar-refractivity contribution in [3.05, 3.63) is 50.7 Å². The first kappa shape index (κ1) is 17.0. The summed E-state index contributed by atoms with van der Waals surface area (Å²) >= 11 is 6.05. The van der Waals surface area contributed by atoms with Crippen LogP contribution in [0.4, 0.5) is 11.5 Å². The van der Waals surface area contributed by atoms with Gasteiger partial charge in [-0.15, -0.1) is 0 Å². The first-order valence-corrected chi connectivity index (χ1v) is 7.49. The standard InChI is InChI=1S/C15H17ClN4O3/c1-4-13(19-9(2)8-14(18-19)20(22)23)15(21)17-12-7-5-6-11(16)10(12)3/h5-8,13H,4H2,1-3H3,(H,17,21). The average molecular weight is 337 g/mol. The lowest BCUT2D eigenvalue weighted by Gasteiger charge is -2.15. The van der Waals surface area contributed by atoms with Crippen molar-refractivity contribution in [3.8, 4) is 0 Å². The number of anilines is 1. The third-order valence-corrected chi connectivity index (χ3v) is 4.02. The van der Waals surface area contributed by atoms with Crippen LogP contribution in [0.15, 0.2) is 24.3 Å². The van der Waals surface area contributed by atoms with Gasteiger partial charge in [0.05, 0.1) is 16.9 Å². The Hall–Kier alpha value is -2.41. The van der Waals surface area contributed by atoms with Crippen molar-refractivity contribution >= 4 is 29.0 Å². The van der Waals surface area contributed by atoms with Crippen LogP contribution in [0, 0.1) is 24.0 Å². The third kappa shape index (κ3) is 3.50. The number of aromatic nitrogens is 2. The molecule has 1 N–H and O–H groups in total. The first-order valence-electron chi connectivity index (χ1n) is 7.11. The van der Waals surface area contributed by atoms with E-state index in [1.165, 1.54) is 10.7 Å². The van der Waals surface area contributed by atoms with Crippen LogP contribution in [-0.2, 0) is 4.79 Å². The van der Waals surface area contributed by atoms with Crippen LogP contribution in [-0.4, -0.2) is 20.6 Å². The molecule has 1 atom stereocenters. The van der Waals surface area contributed by atoms with Crippen molar-refractivity contribution in [3.63, 3.8) is 0 Å². The van der Waals surface area contributed by atoms with Gasteiger partial charge in [0.2, 0.25) is 0 Å². The number of carbonyl (C=O) groups is 1. The summed E-state index contributed by atoms with van der Waals surface area (Å²) in [6.45, 7) is 5.31. The summed E-state index contributed by atoms with van der Waals surface area (Å²) in [4.78, 5) is 22.8. The van der Waals surface area contributed by atoms with Gasteiger partial charge in [-0.25, -0.2) is 0 Å². The van der Waals surface area contributed by atoms with E-state index in [0.29, 0.717) is 22.8 Å². The molecule has 0 spiro atoms. The van der Waals surface area contributed by atoms with Crippen molar-refractivity contribution in [2.45, 2.75) is 33.2 Å². The van der Waals surface area contributed by atoms with Crippen molar-refractivity contribution in [2.75, 3.05) is 5.32 Å². The highest BCUT2D eigenvalue weighted by molar-refractivity contribution is 6.31. The minimum atomic E-state index is -0.637. The largest absolute Gasteiger partial charge is 0.390 e. The lowest BCUT2D eigenvalue weighted by Crippen LogP contribution is -2.27. The quantitative estimate of drug-likeness (QED) is 0.666. The van der Waals surface area contributed by atoms with Gasteiger partial charge >= 0.3 is 5.82 Å². The topological polar surface area (TPSA) is 90.1 Å². The first-order chi connectivity index (χ1) is 10.8. The van der Waals surface area contributed by atoms with Gasteiger partial charge in [-0.2, -0.15) is 4.68 Å². The molecule has 0 saturated heterocycles. The van der Waals surface area contributed by atoms with E-state index in [2.05, 4.69) is 10.4 Å². The van der Waals surface area contributed by atoms with E-state index in [0.717, 1.165) is 5.56 Å². The fourth-order valence-corrected chi connectivity index (χ4v) is 2.48. The van der Waals surface area contributed by atoms with Gasteiger partial charge in [0.15, 0.2) is 6.04 Å². The van der Waals surface area contributed by atoms with Crippen LogP contribution < -0.4 is 5.32 Å². The van der Waals surface area contributed by atoms with Crippen molar-refractivity contribution < 1.29 is 9.72 Å². The Bertz CT molecular complexity index is 757. The third-order valence-electron chi connectivity index (χ3n) is 3.61.